The molecule has 0 fully saturated rings. The van der Waals surface area contributed by atoms with Crippen molar-refractivity contribution in [1.82, 2.24) is 9.88 Å². The van der Waals surface area contributed by atoms with Crippen LogP contribution in [0.15, 0.2) is 66.2 Å². The third-order valence-electron chi connectivity index (χ3n) is 5.90. The fourth-order valence-electron chi connectivity index (χ4n) is 3.98. The largest absolute Gasteiger partial charge is 0.351 e. The first-order chi connectivity index (χ1) is 15.7. The van der Waals surface area contributed by atoms with E-state index in [2.05, 4.69) is 73.1 Å². The zero-order valence-corrected chi connectivity index (χ0v) is 20.3. The average molecular weight is 440 g/mol. The molecule has 33 heavy (non-hydrogen) atoms. The van der Waals surface area contributed by atoms with Gasteiger partial charge in [-0.1, -0.05) is 63.2 Å². The molecule has 1 N–H and O–H groups in total. The fourth-order valence-corrected chi connectivity index (χ4v) is 3.98. The standard InChI is InChI=1S/C29H33N3O/c1-21-18-24(22(2)32(21)27-15-13-26(14-16-27)29(3,4)5)19-25(20-30)28(33)31-17-9-12-23-10-7-6-8-11-23/h6-8,10-11,13-16,18-19H,9,12,17H2,1-5H3,(H,31,33)/b25-19-. The Morgan fingerprint density at radius 1 is 1.06 bits per heavy atom. The summed E-state index contributed by atoms with van der Waals surface area (Å²) in [4.78, 5) is 12.6. The molecule has 0 saturated carbocycles. The number of hydrogen-bond acceptors (Lipinski definition) is 2. The molecule has 2 aromatic carbocycles. The van der Waals surface area contributed by atoms with Gasteiger partial charge in [-0.15, -0.1) is 0 Å². The van der Waals surface area contributed by atoms with Gasteiger partial charge < -0.3 is 9.88 Å². The highest BCUT2D eigenvalue weighted by Crippen LogP contribution is 2.26. The summed E-state index contributed by atoms with van der Waals surface area (Å²) in [5.41, 5.74) is 6.75. The first-order valence-electron chi connectivity index (χ1n) is 11.4. The molecule has 170 valence electrons. The van der Waals surface area contributed by atoms with E-state index in [4.69, 9.17) is 0 Å². The van der Waals surface area contributed by atoms with Gasteiger partial charge in [0.1, 0.15) is 11.6 Å². The minimum Gasteiger partial charge on any atom is -0.351 e. The van der Waals surface area contributed by atoms with E-state index >= 15 is 0 Å². The summed E-state index contributed by atoms with van der Waals surface area (Å²) in [7, 11) is 0. The number of carbonyl (C=O) groups excluding carboxylic acids is 1. The summed E-state index contributed by atoms with van der Waals surface area (Å²) < 4.78 is 2.16. The van der Waals surface area contributed by atoms with E-state index in [9.17, 15) is 10.1 Å². The van der Waals surface area contributed by atoms with E-state index in [1.807, 2.05) is 38.1 Å². The summed E-state index contributed by atoms with van der Waals surface area (Å²) in [6.45, 7) is 11.2. The topological polar surface area (TPSA) is 57.8 Å². The van der Waals surface area contributed by atoms with Crippen molar-refractivity contribution >= 4 is 12.0 Å². The predicted molar refractivity (Wildman–Crippen MR) is 135 cm³/mol. The van der Waals surface area contributed by atoms with Crippen LogP contribution >= 0.6 is 0 Å². The van der Waals surface area contributed by atoms with Gasteiger partial charge in [0, 0.05) is 23.6 Å². The lowest BCUT2D eigenvalue weighted by atomic mass is 9.87. The predicted octanol–water partition coefficient (Wildman–Crippen LogP) is 6.05. The summed E-state index contributed by atoms with van der Waals surface area (Å²) in [5, 5.41) is 12.5. The van der Waals surface area contributed by atoms with E-state index in [0.717, 1.165) is 35.5 Å². The molecule has 1 aromatic heterocycles. The molecule has 4 heteroatoms. The van der Waals surface area contributed by atoms with Crippen LogP contribution in [0.4, 0.5) is 0 Å². The number of benzene rings is 2. The van der Waals surface area contributed by atoms with Crippen molar-refractivity contribution in [3.05, 3.63) is 94.3 Å². The lowest BCUT2D eigenvalue weighted by Crippen LogP contribution is -2.25. The number of nitrogens with one attached hydrogen (secondary N) is 1. The first kappa shape index (κ1) is 24.1. The van der Waals surface area contributed by atoms with Crippen molar-refractivity contribution in [3.8, 4) is 11.8 Å². The highest BCUT2D eigenvalue weighted by Gasteiger charge is 2.16. The first-order valence-corrected chi connectivity index (χ1v) is 11.4. The number of nitrogens with zero attached hydrogens (tertiary/aromatic N) is 2. The Morgan fingerprint density at radius 2 is 1.73 bits per heavy atom. The van der Waals surface area contributed by atoms with Gasteiger partial charge in [-0.05, 0) is 73.1 Å². The van der Waals surface area contributed by atoms with Crippen LogP contribution in [-0.2, 0) is 16.6 Å². The zero-order valence-electron chi connectivity index (χ0n) is 20.3. The zero-order chi connectivity index (χ0) is 24.0. The smallest absolute Gasteiger partial charge is 0.261 e. The van der Waals surface area contributed by atoms with Gasteiger partial charge in [0.05, 0.1) is 0 Å². The number of nitriles is 1. The minimum absolute atomic E-state index is 0.101. The van der Waals surface area contributed by atoms with E-state index in [1.54, 1.807) is 6.08 Å². The van der Waals surface area contributed by atoms with Gasteiger partial charge in [-0.3, -0.25) is 4.79 Å². The van der Waals surface area contributed by atoms with Crippen molar-refractivity contribution in [2.45, 2.75) is 52.9 Å². The second-order valence-corrected chi connectivity index (χ2v) is 9.47. The highest BCUT2D eigenvalue weighted by molar-refractivity contribution is 6.01. The molecule has 0 bridgehead atoms. The van der Waals surface area contributed by atoms with Crippen LogP contribution < -0.4 is 5.32 Å². The lowest BCUT2D eigenvalue weighted by molar-refractivity contribution is -0.117. The number of carbonyl (C=O) groups is 1. The number of aryl methyl sites for hydroxylation is 2. The molecule has 0 aliphatic heterocycles. The molecule has 0 unspecified atom stereocenters. The van der Waals surface area contributed by atoms with Gasteiger partial charge in [0.25, 0.3) is 5.91 Å². The summed E-state index contributed by atoms with van der Waals surface area (Å²) in [6.07, 6.45) is 3.41. The van der Waals surface area contributed by atoms with Crippen molar-refractivity contribution in [2.24, 2.45) is 0 Å². The highest BCUT2D eigenvalue weighted by atomic mass is 16.1. The average Bonchev–Trinajstić information content (AvgIpc) is 3.07. The van der Waals surface area contributed by atoms with Crippen LogP contribution in [0.1, 0.15) is 55.3 Å². The molecule has 0 atom stereocenters. The molecular formula is C29H33N3O. The Labute approximate surface area is 197 Å². The van der Waals surface area contributed by atoms with Crippen molar-refractivity contribution < 1.29 is 4.79 Å². The summed E-state index contributed by atoms with van der Waals surface area (Å²) in [6, 6.07) is 22.8. The molecule has 0 saturated heterocycles. The third kappa shape index (κ3) is 6.02. The molecule has 0 aliphatic rings. The molecule has 0 radical (unpaired) electrons. The normalized spacial score (nSPS) is 11.8. The molecule has 3 aromatic rings. The van der Waals surface area contributed by atoms with Gasteiger partial charge in [0.2, 0.25) is 0 Å². The van der Waals surface area contributed by atoms with Crippen molar-refractivity contribution in [1.29, 1.82) is 5.26 Å². The van der Waals surface area contributed by atoms with E-state index in [0.29, 0.717) is 6.54 Å². The van der Waals surface area contributed by atoms with Crippen molar-refractivity contribution in [3.63, 3.8) is 0 Å². The molecule has 4 nitrogen and oxygen atoms in total. The Kier molecular flexibility index (Phi) is 7.55. The van der Waals surface area contributed by atoms with Gasteiger partial charge in [0.15, 0.2) is 0 Å². The van der Waals surface area contributed by atoms with Crippen LogP contribution in [0.3, 0.4) is 0 Å². The second kappa shape index (κ2) is 10.4. The quantitative estimate of drug-likeness (QED) is 0.277. The van der Waals surface area contributed by atoms with E-state index in [1.165, 1.54) is 11.1 Å². The maximum atomic E-state index is 12.6. The molecule has 1 amide bonds. The molecule has 0 aliphatic carbocycles. The van der Waals surface area contributed by atoms with Crippen LogP contribution in [0.2, 0.25) is 0 Å². The van der Waals surface area contributed by atoms with E-state index in [-0.39, 0.29) is 16.9 Å². The van der Waals surface area contributed by atoms with Crippen LogP contribution in [-0.4, -0.2) is 17.0 Å². The number of amides is 1. The van der Waals surface area contributed by atoms with Gasteiger partial charge in [-0.2, -0.15) is 5.26 Å². The minimum atomic E-state index is -0.329. The molecular weight excluding hydrogens is 406 g/mol. The Bertz CT molecular complexity index is 1170. The summed E-state index contributed by atoms with van der Waals surface area (Å²) in [5.74, 6) is -0.329. The monoisotopic (exact) mass is 439 g/mol. The number of rotatable bonds is 7. The van der Waals surface area contributed by atoms with Crippen LogP contribution in [0.25, 0.3) is 11.8 Å². The van der Waals surface area contributed by atoms with Gasteiger partial charge in [-0.25, -0.2) is 0 Å². The Balaban J connectivity index is 1.72. The number of aromatic nitrogens is 1. The Morgan fingerprint density at radius 3 is 2.33 bits per heavy atom. The molecule has 3 rings (SSSR count). The van der Waals surface area contributed by atoms with Crippen LogP contribution in [0, 0.1) is 25.2 Å². The SMILES string of the molecule is Cc1cc(/C=C(/C#N)C(=O)NCCCc2ccccc2)c(C)n1-c1ccc(C(C)(C)C)cc1. The maximum Gasteiger partial charge on any atom is 0.261 e. The second-order valence-electron chi connectivity index (χ2n) is 9.47. The number of hydrogen-bond donors (Lipinski definition) is 1. The third-order valence-corrected chi connectivity index (χ3v) is 5.90. The summed E-state index contributed by atoms with van der Waals surface area (Å²) >= 11 is 0. The maximum absolute atomic E-state index is 12.6. The fraction of sp³-hybridized carbons (Fsp3) is 0.310. The molecule has 0 spiro atoms. The molecule has 1 heterocycles. The Hall–Kier alpha value is -3.58. The lowest BCUT2D eigenvalue weighted by Gasteiger charge is -2.20. The van der Waals surface area contributed by atoms with E-state index < -0.39 is 0 Å². The van der Waals surface area contributed by atoms with Crippen molar-refractivity contribution in [2.75, 3.05) is 6.54 Å². The van der Waals surface area contributed by atoms with Crippen LogP contribution in [0.5, 0.6) is 0 Å². The van der Waals surface area contributed by atoms with Gasteiger partial charge >= 0.3 is 0 Å².